The summed E-state index contributed by atoms with van der Waals surface area (Å²) in [6.45, 7) is 4.16. The van der Waals surface area contributed by atoms with Gasteiger partial charge in [0.25, 0.3) is 5.91 Å². The minimum absolute atomic E-state index is 0.0598. The van der Waals surface area contributed by atoms with Gasteiger partial charge in [-0.1, -0.05) is 11.6 Å². The largest absolute Gasteiger partial charge is 0.478 e. The molecule has 1 amide bonds. The number of carbonyl (C=O) groups excluding carboxylic acids is 1. The van der Waals surface area contributed by atoms with Gasteiger partial charge in [0, 0.05) is 11.6 Å². The highest BCUT2D eigenvalue weighted by atomic mass is 35.5. The van der Waals surface area contributed by atoms with E-state index in [4.69, 9.17) is 21.4 Å². The smallest absolute Gasteiger partial charge is 0.263 e. The summed E-state index contributed by atoms with van der Waals surface area (Å²) in [5.74, 6) is 0.129. The zero-order chi connectivity index (χ0) is 15.4. The van der Waals surface area contributed by atoms with E-state index < -0.39 is 17.8 Å². The number of hydrogen-bond donors (Lipinski definition) is 3. The molecule has 1 aromatic carbocycles. The molecule has 3 N–H and O–H groups in total. The lowest BCUT2D eigenvalue weighted by Crippen LogP contribution is -2.51. The first-order chi connectivity index (χ1) is 9.16. The molecule has 0 spiro atoms. The predicted molar refractivity (Wildman–Crippen MR) is 76.9 cm³/mol. The Morgan fingerprint density at radius 3 is 2.35 bits per heavy atom. The van der Waals surface area contributed by atoms with Gasteiger partial charge in [-0.05, 0) is 45.0 Å². The van der Waals surface area contributed by atoms with Crippen LogP contribution in [0.3, 0.4) is 0 Å². The molecule has 0 aliphatic carbocycles. The number of hydrogen-bond acceptors (Lipinski definition) is 4. The van der Waals surface area contributed by atoms with Crippen molar-refractivity contribution in [2.75, 3.05) is 13.2 Å². The summed E-state index contributed by atoms with van der Waals surface area (Å²) >= 11 is 5.78. The second kappa shape index (κ2) is 6.43. The Balaban J connectivity index is 2.63. The molecule has 0 bridgehead atoms. The van der Waals surface area contributed by atoms with Crippen molar-refractivity contribution in [2.45, 2.75) is 32.0 Å². The fourth-order valence-corrected chi connectivity index (χ4v) is 1.51. The number of carbonyl (C=O) groups is 1. The van der Waals surface area contributed by atoms with Gasteiger partial charge in [0.1, 0.15) is 11.4 Å². The van der Waals surface area contributed by atoms with E-state index in [2.05, 4.69) is 5.32 Å². The van der Waals surface area contributed by atoms with E-state index in [1.54, 1.807) is 38.1 Å². The van der Waals surface area contributed by atoms with Gasteiger partial charge in [0.2, 0.25) is 0 Å². The third kappa shape index (κ3) is 5.00. The average molecular weight is 302 g/mol. The number of aliphatic hydroxyl groups is 2. The number of amides is 1. The molecule has 0 aliphatic heterocycles. The van der Waals surface area contributed by atoms with Gasteiger partial charge in [-0.2, -0.15) is 0 Å². The second-order valence-electron chi connectivity index (χ2n) is 5.40. The van der Waals surface area contributed by atoms with Crippen molar-refractivity contribution in [3.05, 3.63) is 29.3 Å². The van der Waals surface area contributed by atoms with Gasteiger partial charge in [-0.3, -0.25) is 4.79 Å². The summed E-state index contributed by atoms with van der Waals surface area (Å²) in [5, 5.41) is 21.7. The minimum atomic E-state index is -1.36. The maximum Gasteiger partial charge on any atom is 0.263 e. The number of aliphatic hydroxyl groups excluding tert-OH is 1. The van der Waals surface area contributed by atoms with Crippen molar-refractivity contribution in [1.82, 2.24) is 5.32 Å². The Bertz CT molecular complexity index is 457. The molecule has 20 heavy (non-hydrogen) atoms. The molecule has 5 nitrogen and oxygen atoms in total. The molecule has 0 aromatic heterocycles. The molecule has 0 radical (unpaired) electrons. The average Bonchev–Trinajstić information content (AvgIpc) is 2.38. The van der Waals surface area contributed by atoms with Crippen LogP contribution in [0.5, 0.6) is 5.75 Å². The van der Waals surface area contributed by atoms with Crippen LogP contribution in [0.4, 0.5) is 0 Å². The third-order valence-corrected chi connectivity index (χ3v) is 2.96. The monoisotopic (exact) mass is 301 g/mol. The zero-order valence-electron chi connectivity index (χ0n) is 11.8. The van der Waals surface area contributed by atoms with Gasteiger partial charge in [-0.25, -0.2) is 0 Å². The molecular weight excluding hydrogens is 282 g/mol. The van der Waals surface area contributed by atoms with Gasteiger partial charge in [0.15, 0.2) is 5.60 Å². The SMILES string of the molecule is CC(O)(CO)CNC(=O)C(C)(C)Oc1ccc(Cl)cc1. The molecule has 112 valence electrons. The van der Waals surface area contributed by atoms with Gasteiger partial charge < -0.3 is 20.3 Å². The van der Waals surface area contributed by atoms with Crippen LogP contribution >= 0.6 is 11.6 Å². The van der Waals surface area contributed by atoms with Crippen molar-refractivity contribution >= 4 is 17.5 Å². The highest BCUT2D eigenvalue weighted by molar-refractivity contribution is 6.30. The van der Waals surface area contributed by atoms with E-state index >= 15 is 0 Å². The van der Waals surface area contributed by atoms with Gasteiger partial charge in [-0.15, -0.1) is 0 Å². The molecule has 1 rings (SSSR count). The van der Waals surface area contributed by atoms with E-state index in [0.29, 0.717) is 10.8 Å². The van der Waals surface area contributed by atoms with Crippen LogP contribution in [0.2, 0.25) is 5.02 Å². The number of rotatable bonds is 6. The maximum atomic E-state index is 12.0. The normalized spacial score (nSPS) is 14.5. The lowest BCUT2D eigenvalue weighted by atomic mass is 10.1. The minimum Gasteiger partial charge on any atom is -0.478 e. The molecule has 1 atom stereocenters. The van der Waals surface area contributed by atoms with E-state index in [-0.39, 0.29) is 12.5 Å². The van der Waals surface area contributed by atoms with E-state index in [1.807, 2.05) is 0 Å². The Morgan fingerprint density at radius 2 is 1.85 bits per heavy atom. The lowest BCUT2D eigenvalue weighted by molar-refractivity contribution is -0.135. The topological polar surface area (TPSA) is 78.8 Å². The summed E-state index contributed by atoms with van der Waals surface area (Å²) in [7, 11) is 0. The van der Waals surface area contributed by atoms with Crippen molar-refractivity contribution in [3.63, 3.8) is 0 Å². The summed E-state index contributed by atoms with van der Waals surface area (Å²) in [6.07, 6.45) is 0. The third-order valence-electron chi connectivity index (χ3n) is 2.70. The summed E-state index contributed by atoms with van der Waals surface area (Å²) in [5.41, 5.74) is -2.47. The maximum absolute atomic E-state index is 12.0. The van der Waals surface area contributed by atoms with E-state index in [9.17, 15) is 9.90 Å². The molecule has 0 saturated carbocycles. The fourth-order valence-electron chi connectivity index (χ4n) is 1.38. The van der Waals surface area contributed by atoms with E-state index in [1.165, 1.54) is 6.92 Å². The highest BCUT2D eigenvalue weighted by Crippen LogP contribution is 2.21. The van der Waals surface area contributed by atoms with E-state index in [0.717, 1.165) is 0 Å². The first-order valence-electron chi connectivity index (χ1n) is 6.22. The van der Waals surface area contributed by atoms with Crippen molar-refractivity contribution in [2.24, 2.45) is 0 Å². The van der Waals surface area contributed by atoms with Crippen molar-refractivity contribution in [1.29, 1.82) is 0 Å². The Morgan fingerprint density at radius 1 is 1.30 bits per heavy atom. The van der Waals surface area contributed by atoms with Crippen molar-refractivity contribution in [3.8, 4) is 5.75 Å². The molecular formula is C14H20ClNO4. The molecule has 0 fully saturated rings. The first kappa shape index (κ1) is 16.8. The van der Waals surface area contributed by atoms with Crippen LogP contribution in [0.15, 0.2) is 24.3 Å². The number of ether oxygens (including phenoxy) is 1. The first-order valence-corrected chi connectivity index (χ1v) is 6.60. The summed E-state index contributed by atoms with van der Waals surface area (Å²) in [4.78, 5) is 12.0. The fraction of sp³-hybridized carbons (Fsp3) is 0.500. The summed E-state index contributed by atoms with van der Waals surface area (Å²) < 4.78 is 5.60. The van der Waals surface area contributed by atoms with Crippen LogP contribution in [-0.4, -0.2) is 40.5 Å². The van der Waals surface area contributed by atoms with Gasteiger partial charge >= 0.3 is 0 Å². The number of nitrogens with one attached hydrogen (secondary N) is 1. The molecule has 1 aromatic rings. The standard InChI is InChI=1S/C14H20ClNO4/c1-13(2,12(18)16-8-14(3,19)9-17)20-11-6-4-10(15)5-7-11/h4-7,17,19H,8-9H2,1-3H3,(H,16,18). The van der Waals surface area contributed by atoms with Crippen LogP contribution in [0.25, 0.3) is 0 Å². The van der Waals surface area contributed by atoms with Crippen molar-refractivity contribution < 1.29 is 19.7 Å². The lowest BCUT2D eigenvalue weighted by Gasteiger charge is -2.28. The van der Waals surface area contributed by atoms with Crippen LogP contribution in [0.1, 0.15) is 20.8 Å². The van der Waals surface area contributed by atoms with Gasteiger partial charge in [0.05, 0.1) is 6.61 Å². The zero-order valence-corrected chi connectivity index (χ0v) is 12.6. The molecule has 0 heterocycles. The van der Waals surface area contributed by atoms with Crippen LogP contribution < -0.4 is 10.1 Å². The molecule has 6 heteroatoms. The van der Waals surface area contributed by atoms with Crippen LogP contribution in [0, 0.1) is 0 Å². The second-order valence-corrected chi connectivity index (χ2v) is 5.84. The predicted octanol–water partition coefficient (Wildman–Crippen LogP) is 1.36. The Labute approximate surface area is 123 Å². The Kier molecular flexibility index (Phi) is 5.39. The number of halogens is 1. The Hall–Kier alpha value is -1.30. The van der Waals surface area contributed by atoms with Crippen LogP contribution in [-0.2, 0) is 4.79 Å². The molecule has 0 saturated heterocycles. The quantitative estimate of drug-likeness (QED) is 0.741. The number of benzene rings is 1. The highest BCUT2D eigenvalue weighted by Gasteiger charge is 2.31. The summed E-state index contributed by atoms with van der Waals surface area (Å²) in [6, 6.07) is 6.67. The molecule has 1 unspecified atom stereocenters. The molecule has 0 aliphatic rings.